The number of hydrogen-bond acceptors (Lipinski definition) is 4. The number of aliphatic hydroxyl groups excluding tert-OH is 2. The highest BCUT2D eigenvalue weighted by Crippen LogP contribution is 1.96. The fourth-order valence-electron chi connectivity index (χ4n) is 0.580. The van der Waals surface area contributed by atoms with E-state index in [-0.39, 0.29) is 19.4 Å². The third-order valence-corrected chi connectivity index (χ3v) is 1.18. The van der Waals surface area contributed by atoms with Gasteiger partial charge in [0.05, 0.1) is 0 Å². The Morgan fingerprint density at radius 1 is 1.45 bits per heavy atom. The summed E-state index contributed by atoms with van der Waals surface area (Å²) in [6.07, 6.45) is -1.02. The lowest BCUT2D eigenvalue weighted by Gasteiger charge is -2.04. The summed E-state index contributed by atoms with van der Waals surface area (Å²) in [6, 6.07) is 0. The second kappa shape index (κ2) is 4.81. The number of carbonyl (C=O) groups is 2. The summed E-state index contributed by atoms with van der Waals surface area (Å²) < 4.78 is 0. The number of hydrogen-bond donors (Lipinski definition) is 3. The highest BCUT2D eigenvalue weighted by molar-refractivity contribution is 6.37. The van der Waals surface area contributed by atoms with Crippen molar-refractivity contribution in [2.24, 2.45) is 5.73 Å². The molecule has 5 heteroatoms. The van der Waals surface area contributed by atoms with Gasteiger partial charge >= 0.3 is 0 Å². The minimum atomic E-state index is -1.36. The van der Waals surface area contributed by atoms with E-state index in [2.05, 4.69) is 5.73 Å². The standard InChI is InChI=1S/C6H11NO4/c7-6(11)5(10)4(9)2-1-3-8/h4,8-9H,1-3H2,(H2,7,11). The summed E-state index contributed by atoms with van der Waals surface area (Å²) in [5, 5.41) is 17.2. The maximum absolute atomic E-state index is 10.5. The Kier molecular flexibility index (Phi) is 4.40. The molecular formula is C6H11NO4. The molecule has 0 bridgehead atoms. The van der Waals surface area contributed by atoms with E-state index in [1.54, 1.807) is 0 Å². The van der Waals surface area contributed by atoms with Crippen LogP contribution in [-0.4, -0.2) is 34.6 Å². The molecule has 1 unspecified atom stereocenters. The van der Waals surface area contributed by atoms with E-state index < -0.39 is 17.8 Å². The minimum Gasteiger partial charge on any atom is -0.396 e. The van der Waals surface area contributed by atoms with Crippen LogP contribution in [0.5, 0.6) is 0 Å². The number of nitrogens with two attached hydrogens (primary N) is 1. The van der Waals surface area contributed by atoms with Gasteiger partial charge in [0.15, 0.2) is 0 Å². The minimum absolute atomic E-state index is 0.0677. The normalized spacial score (nSPS) is 12.5. The van der Waals surface area contributed by atoms with Crippen LogP contribution < -0.4 is 5.73 Å². The van der Waals surface area contributed by atoms with Crippen LogP contribution in [0.2, 0.25) is 0 Å². The highest BCUT2D eigenvalue weighted by atomic mass is 16.3. The average Bonchev–Trinajstić information content (AvgIpc) is 1.98. The molecule has 64 valence electrons. The summed E-state index contributed by atoms with van der Waals surface area (Å²) >= 11 is 0. The molecule has 0 heterocycles. The molecule has 5 nitrogen and oxygen atoms in total. The van der Waals surface area contributed by atoms with Crippen LogP contribution >= 0.6 is 0 Å². The van der Waals surface area contributed by atoms with Crippen LogP contribution in [0, 0.1) is 0 Å². The Morgan fingerprint density at radius 2 is 2.00 bits per heavy atom. The lowest BCUT2D eigenvalue weighted by Crippen LogP contribution is -2.33. The maximum Gasteiger partial charge on any atom is 0.287 e. The zero-order valence-electron chi connectivity index (χ0n) is 5.99. The van der Waals surface area contributed by atoms with E-state index in [0.717, 1.165) is 0 Å². The molecule has 0 rings (SSSR count). The molecule has 0 aliphatic carbocycles. The van der Waals surface area contributed by atoms with E-state index in [4.69, 9.17) is 10.2 Å². The van der Waals surface area contributed by atoms with Gasteiger partial charge in [0, 0.05) is 6.61 Å². The molecule has 0 radical (unpaired) electrons. The fourth-order valence-corrected chi connectivity index (χ4v) is 0.580. The first-order valence-electron chi connectivity index (χ1n) is 3.22. The molecule has 0 spiro atoms. The third kappa shape index (κ3) is 3.69. The zero-order chi connectivity index (χ0) is 8.85. The monoisotopic (exact) mass is 161 g/mol. The molecule has 1 atom stereocenters. The quantitative estimate of drug-likeness (QED) is 0.413. The van der Waals surface area contributed by atoms with E-state index in [1.165, 1.54) is 0 Å². The Bertz CT molecular complexity index is 157. The van der Waals surface area contributed by atoms with Crippen molar-refractivity contribution in [1.82, 2.24) is 0 Å². The zero-order valence-corrected chi connectivity index (χ0v) is 5.99. The number of ketones is 1. The summed E-state index contributed by atoms with van der Waals surface area (Å²) in [5.74, 6) is -2.14. The second-order valence-electron chi connectivity index (χ2n) is 2.11. The van der Waals surface area contributed by atoms with Gasteiger partial charge < -0.3 is 15.9 Å². The van der Waals surface area contributed by atoms with Gasteiger partial charge in [-0.3, -0.25) is 9.59 Å². The number of aliphatic hydroxyl groups is 2. The molecule has 0 aliphatic rings. The van der Waals surface area contributed by atoms with Gasteiger partial charge in [-0.1, -0.05) is 0 Å². The molecule has 0 saturated heterocycles. The van der Waals surface area contributed by atoms with Gasteiger partial charge in [-0.2, -0.15) is 0 Å². The van der Waals surface area contributed by atoms with Crippen molar-refractivity contribution in [2.75, 3.05) is 6.61 Å². The molecule has 4 N–H and O–H groups in total. The van der Waals surface area contributed by atoms with E-state index in [9.17, 15) is 9.59 Å². The molecule has 1 amide bonds. The SMILES string of the molecule is NC(=O)C(=O)C(O)CCCO. The molecule has 11 heavy (non-hydrogen) atoms. The van der Waals surface area contributed by atoms with Crippen molar-refractivity contribution in [2.45, 2.75) is 18.9 Å². The van der Waals surface area contributed by atoms with Crippen LogP contribution in [0.1, 0.15) is 12.8 Å². The predicted octanol–water partition coefficient (Wildman–Crippen LogP) is -1.83. The smallest absolute Gasteiger partial charge is 0.287 e. The van der Waals surface area contributed by atoms with Gasteiger partial charge in [-0.25, -0.2) is 0 Å². The third-order valence-electron chi connectivity index (χ3n) is 1.18. The predicted molar refractivity (Wildman–Crippen MR) is 36.5 cm³/mol. The van der Waals surface area contributed by atoms with Crippen LogP contribution in [0.15, 0.2) is 0 Å². The average molecular weight is 161 g/mol. The van der Waals surface area contributed by atoms with Crippen molar-refractivity contribution < 1.29 is 19.8 Å². The Labute approximate surface area is 63.8 Å². The fraction of sp³-hybridized carbons (Fsp3) is 0.667. The first kappa shape index (κ1) is 10.1. The molecule has 0 fully saturated rings. The van der Waals surface area contributed by atoms with Crippen LogP contribution in [0.25, 0.3) is 0 Å². The lowest BCUT2D eigenvalue weighted by atomic mass is 10.1. The second-order valence-corrected chi connectivity index (χ2v) is 2.11. The molecular weight excluding hydrogens is 150 g/mol. The van der Waals surface area contributed by atoms with Crippen molar-refractivity contribution in [3.8, 4) is 0 Å². The van der Waals surface area contributed by atoms with Gasteiger partial charge in [-0.15, -0.1) is 0 Å². The van der Waals surface area contributed by atoms with Crippen LogP contribution in [-0.2, 0) is 9.59 Å². The van der Waals surface area contributed by atoms with Crippen molar-refractivity contribution in [3.05, 3.63) is 0 Å². The van der Waals surface area contributed by atoms with Gasteiger partial charge in [0.2, 0.25) is 5.78 Å². The maximum atomic E-state index is 10.5. The molecule has 0 aromatic rings. The van der Waals surface area contributed by atoms with Crippen LogP contribution in [0.3, 0.4) is 0 Å². The topological polar surface area (TPSA) is 101 Å². The number of amides is 1. The number of Topliss-reactive ketones (excluding diaryl/α,β-unsaturated/α-hetero) is 1. The van der Waals surface area contributed by atoms with Crippen molar-refractivity contribution in [3.63, 3.8) is 0 Å². The first-order chi connectivity index (χ1) is 5.09. The molecule has 0 aliphatic heterocycles. The summed E-state index contributed by atoms with van der Waals surface area (Å²) in [7, 11) is 0. The van der Waals surface area contributed by atoms with Crippen molar-refractivity contribution >= 4 is 11.7 Å². The Hall–Kier alpha value is -0.940. The van der Waals surface area contributed by atoms with Crippen LogP contribution in [0.4, 0.5) is 0 Å². The molecule has 0 aromatic carbocycles. The molecule has 0 saturated carbocycles. The Balaban J connectivity index is 3.73. The van der Waals surface area contributed by atoms with Gasteiger partial charge in [-0.05, 0) is 12.8 Å². The largest absolute Gasteiger partial charge is 0.396 e. The number of primary amides is 1. The van der Waals surface area contributed by atoms with E-state index >= 15 is 0 Å². The van der Waals surface area contributed by atoms with Crippen molar-refractivity contribution in [1.29, 1.82) is 0 Å². The summed E-state index contributed by atoms with van der Waals surface area (Å²) in [6.45, 7) is -0.122. The van der Waals surface area contributed by atoms with Gasteiger partial charge in [0.25, 0.3) is 5.91 Å². The highest BCUT2D eigenvalue weighted by Gasteiger charge is 2.19. The van der Waals surface area contributed by atoms with Gasteiger partial charge in [0.1, 0.15) is 6.10 Å². The first-order valence-corrected chi connectivity index (χ1v) is 3.22. The lowest BCUT2D eigenvalue weighted by molar-refractivity contribution is -0.141. The van der Waals surface area contributed by atoms with E-state index in [1.807, 2.05) is 0 Å². The number of rotatable bonds is 5. The summed E-state index contributed by atoms with van der Waals surface area (Å²) in [5.41, 5.74) is 4.60. The summed E-state index contributed by atoms with van der Waals surface area (Å²) in [4.78, 5) is 20.7. The Morgan fingerprint density at radius 3 is 2.36 bits per heavy atom. The molecule has 0 aromatic heterocycles. The van der Waals surface area contributed by atoms with E-state index in [0.29, 0.717) is 0 Å². The number of carbonyl (C=O) groups excluding carboxylic acids is 2.